The Bertz CT molecular complexity index is 1190. The van der Waals surface area contributed by atoms with Crippen molar-refractivity contribution in [2.24, 2.45) is 17.8 Å². The highest BCUT2D eigenvalue weighted by Gasteiger charge is 2.77. The van der Waals surface area contributed by atoms with E-state index in [1.165, 1.54) is 6.07 Å². The normalized spacial score (nSPS) is 34.7. The number of nitriles is 1. The first-order valence-electron chi connectivity index (χ1n) is 11.9. The molecule has 4 heterocycles. The molecule has 36 heavy (non-hydrogen) atoms. The third-order valence-corrected chi connectivity index (χ3v) is 8.26. The molecule has 0 aliphatic carbocycles. The maximum Gasteiger partial charge on any atom is 0.417 e. The molecule has 2 bridgehead atoms. The van der Waals surface area contributed by atoms with E-state index in [0.29, 0.717) is 18.9 Å². The summed E-state index contributed by atoms with van der Waals surface area (Å²) in [6.45, 7) is 4.86. The number of anilines is 1. The average Bonchev–Trinajstić information content (AvgIpc) is 3.35. The van der Waals surface area contributed by atoms with Gasteiger partial charge in [0.25, 0.3) is 0 Å². The molecule has 4 aliphatic heterocycles. The van der Waals surface area contributed by atoms with Gasteiger partial charge in [0.1, 0.15) is 6.10 Å². The van der Waals surface area contributed by atoms with Gasteiger partial charge >= 0.3 is 12.1 Å². The van der Waals surface area contributed by atoms with Gasteiger partial charge in [0.15, 0.2) is 0 Å². The summed E-state index contributed by atoms with van der Waals surface area (Å²) >= 11 is 0. The van der Waals surface area contributed by atoms with Crippen LogP contribution in [-0.2, 0) is 30.0 Å². The second-order valence-corrected chi connectivity index (χ2v) is 10.6. The largest absolute Gasteiger partial charge is 0.462 e. The lowest BCUT2D eigenvalue weighted by molar-refractivity contribution is -0.163. The van der Waals surface area contributed by atoms with Gasteiger partial charge in [0.2, 0.25) is 11.8 Å². The number of benzene rings is 1. The van der Waals surface area contributed by atoms with Crippen LogP contribution in [0.1, 0.15) is 44.2 Å². The second kappa shape index (κ2) is 8.02. The number of ether oxygens (including phenoxy) is 2. The maximum absolute atomic E-state index is 13.6. The van der Waals surface area contributed by atoms with E-state index in [1.54, 1.807) is 13.8 Å². The first-order valence-corrected chi connectivity index (χ1v) is 11.9. The molecule has 2 unspecified atom stereocenters. The van der Waals surface area contributed by atoms with Crippen LogP contribution in [0, 0.1) is 29.1 Å². The number of halogens is 3. The van der Waals surface area contributed by atoms with E-state index >= 15 is 0 Å². The number of likely N-dealkylation sites (tertiary alicyclic amines) is 1. The van der Waals surface area contributed by atoms with Gasteiger partial charge in [0.05, 0.1) is 51.8 Å². The number of alkyl halides is 3. The van der Waals surface area contributed by atoms with Crippen LogP contribution in [-0.4, -0.2) is 60.1 Å². The van der Waals surface area contributed by atoms with Gasteiger partial charge in [-0.25, -0.2) is 4.90 Å². The monoisotopic (exact) mass is 505 g/mol. The summed E-state index contributed by atoms with van der Waals surface area (Å²) in [6, 6.07) is 4.24. The third kappa shape index (κ3) is 3.53. The number of imide groups is 1. The maximum atomic E-state index is 13.6. The van der Waals surface area contributed by atoms with Crippen molar-refractivity contribution in [1.82, 2.24) is 4.90 Å². The van der Waals surface area contributed by atoms with E-state index in [4.69, 9.17) is 14.7 Å². The summed E-state index contributed by atoms with van der Waals surface area (Å²) in [5.74, 6) is -4.63. The van der Waals surface area contributed by atoms with Crippen molar-refractivity contribution < 1.29 is 37.0 Å². The zero-order valence-electron chi connectivity index (χ0n) is 20.1. The molecule has 4 fully saturated rings. The minimum absolute atomic E-state index is 0.171. The summed E-state index contributed by atoms with van der Waals surface area (Å²) < 4.78 is 52.5. The van der Waals surface area contributed by atoms with E-state index < -0.39 is 64.0 Å². The highest BCUT2D eigenvalue weighted by Crippen LogP contribution is 2.63. The van der Waals surface area contributed by atoms with Crippen LogP contribution in [0.5, 0.6) is 0 Å². The summed E-state index contributed by atoms with van der Waals surface area (Å²) in [4.78, 5) is 43.1. The van der Waals surface area contributed by atoms with Crippen LogP contribution in [0.25, 0.3) is 0 Å². The molecule has 4 aliphatic rings. The number of esters is 1. The zero-order chi connectivity index (χ0) is 26.2. The molecule has 0 radical (unpaired) electrons. The fourth-order valence-corrected chi connectivity index (χ4v) is 6.48. The molecule has 192 valence electrons. The minimum atomic E-state index is -4.84. The minimum Gasteiger partial charge on any atom is -0.462 e. The van der Waals surface area contributed by atoms with Crippen molar-refractivity contribution in [3.63, 3.8) is 0 Å². The fraction of sp³-hybridized carbons (Fsp3) is 0.600. The molecule has 11 heteroatoms. The predicted molar refractivity (Wildman–Crippen MR) is 118 cm³/mol. The van der Waals surface area contributed by atoms with Crippen molar-refractivity contribution in [3.05, 3.63) is 29.3 Å². The average molecular weight is 505 g/mol. The molecule has 2 amide bonds. The van der Waals surface area contributed by atoms with Gasteiger partial charge in [-0.3, -0.25) is 14.4 Å². The Kier molecular flexibility index (Phi) is 5.50. The first-order chi connectivity index (χ1) is 16.8. The zero-order valence-corrected chi connectivity index (χ0v) is 20.1. The van der Waals surface area contributed by atoms with Crippen LogP contribution in [0.15, 0.2) is 18.2 Å². The molecule has 0 aromatic heterocycles. The van der Waals surface area contributed by atoms with Crippen LogP contribution < -0.4 is 4.90 Å². The fourth-order valence-electron chi connectivity index (χ4n) is 6.48. The van der Waals surface area contributed by atoms with Crippen molar-refractivity contribution in [3.8, 4) is 6.07 Å². The van der Waals surface area contributed by atoms with Gasteiger partial charge in [-0.05, 0) is 58.4 Å². The Balaban J connectivity index is 1.44. The molecule has 4 saturated heterocycles. The summed E-state index contributed by atoms with van der Waals surface area (Å²) in [7, 11) is 1.99. The van der Waals surface area contributed by atoms with E-state index in [9.17, 15) is 27.6 Å². The number of carbonyl (C=O) groups excluding carboxylic acids is 3. The molecule has 1 aromatic rings. The number of amides is 2. The Morgan fingerprint density at radius 3 is 2.42 bits per heavy atom. The van der Waals surface area contributed by atoms with Crippen LogP contribution in [0.4, 0.5) is 18.9 Å². The molecule has 5 atom stereocenters. The Morgan fingerprint density at radius 2 is 1.81 bits per heavy atom. The molecule has 5 rings (SSSR count). The van der Waals surface area contributed by atoms with Crippen LogP contribution in [0.3, 0.4) is 0 Å². The van der Waals surface area contributed by atoms with Crippen molar-refractivity contribution in [1.29, 1.82) is 5.26 Å². The highest BCUT2D eigenvalue weighted by molar-refractivity contribution is 6.23. The Hall–Kier alpha value is -2.97. The van der Waals surface area contributed by atoms with Gasteiger partial charge in [-0.1, -0.05) is 0 Å². The first kappa shape index (κ1) is 24.7. The van der Waals surface area contributed by atoms with Gasteiger partial charge in [-0.2, -0.15) is 18.4 Å². The Labute approximate surface area is 205 Å². The lowest BCUT2D eigenvalue weighted by Crippen LogP contribution is -2.50. The van der Waals surface area contributed by atoms with E-state index in [-0.39, 0.29) is 18.2 Å². The number of fused-ring (bicyclic) bond motifs is 5. The number of hydrogen-bond acceptors (Lipinski definition) is 7. The number of hydrogen-bond donors (Lipinski definition) is 0. The van der Waals surface area contributed by atoms with Crippen LogP contribution in [0.2, 0.25) is 0 Å². The molecule has 0 N–H and O–H groups in total. The van der Waals surface area contributed by atoms with Crippen molar-refractivity contribution in [2.75, 3.05) is 25.0 Å². The molecular formula is C25H26F3N3O5. The van der Waals surface area contributed by atoms with Crippen molar-refractivity contribution >= 4 is 23.5 Å². The second-order valence-electron chi connectivity index (χ2n) is 10.6. The third-order valence-electron chi connectivity index (χ3n) is 8.26. The van der Waals surface area contributed by atoms with Gasteiger partial charge in [-0.15, -0.1) is 0 Å². The summed E-state index contributed by atoms with van der Waals surface area (Å²) in [5, 5.41) is 9.07. The number of rotatable bonds is 3. The quantitative estimate of drug-likeness (QED) is 0.460. The van der Waals surface area contributed by atoms with E-state index in [1.807, 2.05) is 7.05 Å². The number of carbonyl (C=O) groups is 3. The topological polar surface area (TPSA) is 99.9 Å². The molecule has 0 saturated carbocycles. The van der Waals surface area contributed by atoms with Gasteiger partial charge in [0, 0.05) is 13.1 Å². The van der Waals surface area contributed by atoms with Crippen molar-refractivity contribution in [2.45, 2.75) is 56.6 Å². The standard InChI is InChI=1S/C25H26F3N3O5/c1-23-11-17(22(34)35-15-6-8-30(3)9-7-15)24(2,36-23)19-18(23)20(32)31(21(19)33)14-5-4-13(12-29)16(10-14)25(26,27)28/h4-5,10,15,17-19H,6-9,11H2,1-3H3/t17-,18+,19-,23?,24?/m1/s1. The number of piperidine rings is 1. The number of nitrogens with zero attached hydrogens (tertiary/aromatic N) is 3. The lowest BCUT2D eigenvalue weighted by atomic mass is 9.64. The smallest absolute Gasteiger partial charge is 0.417 e. The molecular weight excluding hydrogens is 479 g/mol. The molecule has 0 spiro atoms. The molecule has 8 nitrogen and oxygen atoms in total. The molecule has 1 aromatic carbocycles. The predicted octanol–water partition coefficient (Wildman–Crippen LogP) is 2.89. The Morgan fingerprint density at radius 1 is 1.17 bits per heavy atom. The van der Waals surface area contributed by atoms with E-state index in [2.05, 4.69) is 4.90 Å². The highest BCUT2D eigenvalue weighted by atomic mass is 19.4. The van der Waals surface area contributed by atoms with Crippen LogP contribution >= 0.6 is 0 Å². The SMILES string of the molecule is CN1CCC(OC(=O)[C@H]2CC3(C)OC2(C)[C@H]2C(=O)N(c4ccc(C#N)c(C(F)(F)F)c4)C(=O)[C@H]23)CC1. The summed E-state index contributed by atoms with van der Waals surface area (Å²) in [5.41, 5.74) is -4.57. The van der Waals surface area contributed by atoms with Gasteiger partial charge < -0.3 is 14.4 Å². The lowest BCUT2D eigenvalue weighted by Gasteiger charge is -2.35. The summed E-state index contributed by atoms with van der Waals surface area (Å²) in [6.07, 6.45) is -3.52. The van der Waals surface area contributed by atoms with E-state index in [0.717, 1.165) is 30.1 Å².